The molecule has 3 nitrogen and oxygen atoms in total. The normalized spacial score (nSPS) is 21.5. The summed E-state index contributed by atoms with van der Waals surface area (Å²) in [4.78, 5) is 0. The predicted octanol–water partition coefficient (Wildman–Crippen LogP) is 3.77. The summed E-state index contributed by atoms with van der Waals surface area (Å²) in [6, 6.07) is 0.316. The van der Waals surface area contributed by atoms with Gasteiger partial charge >= 0.3 is 0 Å². The minimum Gasteiger partial charge on any atom is -0.374 e. The first-order chi connectivity index (χ1) is 9.22. The maximum absolute atomic E-state index is 6.15. The van der Waals surface area contributed by atoms with Gasteiger partial charge in [0.1, 0.15) is 0 Å². The van der Waals surface area contributed by atoms with Crippen molar-refractivity contribution in [1.29, 1.82) is 0 Å². The number of nitrogens with one attached hydrogen (secondary N) is 1. The Balaban J connectivity index is 2.62. The molecule has 1 aliphatic rings. The smallest absolute Gasteiger partial charge is 0.0848 e. The molecule has 1 aliphatic carbocycles. The lowest BCUT2D eigenvalue weighted by atomic mass is 9.83. The maximum atomic E-state index is 6.15. The zero-order valence-electron chi connectivity index (χ0n) is 13.2. The van der Waals surface area contributed by atoms with E-state index in [0.29, 0.717) is 6.04 Å². The van der Waals surface area contributed by atoms with Crippen molar-refractivity contribution in [3.63, 3.8) is 0 Å². The first-order valence-electron chi connectivity index (χ1n) is 8.32. The predicted molar refractivity (Wildman–Crippen MR) is 81.9 cm³/mol. The lowest BCUT2D eigenvalue weighted by molar-refractivity contribution is -0.0669. The van der Waals surface area contributed by atoms with E-state index in [1.807, 2.05) is 0 Å². The fourth-order valence-electron chi connectivity index (χ4n) is 3.60. The van der Waals surface area contributed by atoms with Crippen LogP contribution in [0.25, 0.3) is 0 Å². The van der Waals surface area contributed by atoms with Gasteiger partial charge in [-0.1, -0.05) is 52.4 Å². The van der Waals surface area contributed by atoms with Crippen molar-refractivity contribution >= 4 is 0 Å². The Bertz CT molecular complexity index is 227. The van der Waals surface area contributed by atoms with Crippen LogP contribution in [0, 0.1) is 5.92 Å². The number of hydrazine groups is 1. The number of ether oxygens (including phenoxy) is 1. The Morgan fingerprint density at radius 1 is 1.21 bits per heavy atom. The number of hydrogen-bond acceptors (Lipinski definition) is 3. The molecular weight excluding hydrogens is 236 g/mol. The summed E-state index contributed by atoms with van der Waals surface area (Å²) in [5.41, 5.74) is 3.09. The van der Waals surface area contributed by atoms with Crippen molar-refractivity contribution in [2.45, 2.75) is 90.2 Å². The van der Waals surface area contributed by atoms with E-state index in [0.717, 1.165) is 18.9 Å². The molecule has 0 aromatic rings. The third-order valence-corrected chi connectivity index (χ3v) is 4.83. The molecule has 2 unspecified atom stereocenters. The molecule has 0 radical (unpaired) electrons. The summed E-state index contributed by atoms with van der Waals surface area (Å²) in [6.07, 6.45) is 11.2. The molecule has 0 bridgehead atoms. The van der Waals surface area contributed by atoms with Crippen LogP contribution in [-0.2, 0) is 4.74 Å². The van der Waals surface area contributed by atoms with E-state index in [4.69, 9.17) is 10.6 Å². The molecular formula is C16H34N2O. The van der Waals surface area contributed by atoms with Crippen molar-refractivity contribution in [2.75, 3.05) is 6.61 Å². The number of nitrogens with two attached hydrogens (primary N) is 1. The third-order valence-electron chi connectivity index (χ3n) is 4.83. The standard InChI is InChI=1S/C16H34N2O/c1-4-7-10-14(5-2)13-15(18-17)16(19-6-3)11-8-9-12-16/h14-15,18H,4-13,17H2,1-3H3. The van der Waals surface area contributed by atoms with Crippen molar-refractivity contribution in [1.82, 2.24) is 5.43 Å². The summed E-state index contributed by atoms with van der Waals surface area (Å²) in [5.74, 6) is 6.65. The molecule has 0 aliphatic heterocycles. The van der Waals surface area contributed by atoms with Crippen LogP contribution in [0.4, 0.5) is 0 Å². The Labute approximate surface area is 119 Å². The SMILES string of the molecule is CCCCC(CC)CC(NN)C1(OCC)CCCC1. The van der Waals surface area contributed by atoms with Crippen LogP contribution in [0.2, 0.25) is 0 Å². The van der Waals surface area contributed by atoms with Gasteiger partial charge in [-0.2, -0.15) is 0 Å². The molecule has 0 saturated heterocycles. The summed E-state index contributed by atoms with van der Waals surface area (Å²) < 4.78 is 6.15. The van der Waals surface area contributed by atoms with Gasteiger partial charge in [-0.15, -0.1) is 0 Å². The average molecular weight is 270 g/mol. The average Bonchev–Trinajstić information content (AvgIpc) is 2.89. The third kappa shape index (κ3) is 4.73. The molecule has 1 saturated carbocycles. The summed E-state index contributed by atoms with van der Waals surface area (Å²) >= 11 is 0. The van der Waals surface area contributed by atoms with Crippen molar-refractivity contribution in [3.8, 4) is 0 Å². The van der Waals surface area contributed by atoms with Crippen LogP contribution in [0.5, 0.6) is 0 Å². The van der Waals surface area contributed by atoms with E-state index >= 15 is 0 Å². The molecule has 0 heterocycles. The highest BCUT2D eigenvalue weighted by Crippen LogP contribution is 2.38. The van der Waals surface area contributed by atoms with E-state index in [2.05, 4.69) is 26.2 Å². The van der Waals surface area contributed by atoms with Gasteiger partial charge in [-0.25, -0.2) is 0 Å². The van der Waals surface area contributed by atoms with Gasteiger partial charge in [-0.3, -0.25) is 11.3 Å². The first kappa shape index (κ1) is 16.9. The molecule has 114 valence electrons. The van der Waals surface area contributed by atoms with Crippen LogP contribution in [-0.4, -0.2) is 18.2 Å². The molecule has 0 aromatic heterocycles. The maximum Gasteiger partial charge on any atom is 0.0848 e. The van der Waals surface area contributed by atoms with Gasteiger partial charge in [0.25, 0.3) is 0 Å². The minimum atomic E-state index is 0.00311. The minimum absolute atomic E-state index is 0.00311. The number of rotatable bonds is 10. The van der Waals surface area contributed by atoms with Gasteiger partial charge in [0.2, 0.25) is 0 Å². The van der Waals surface area contributed by atoms with E-state index in [-0.39, 0.29) is 5.60 Å². The Hall–Kier alpha value is -0.120. The highest BCUT2D eigenvalue weighted by molar-refractivity contribution is 4.97. The second-order valence-electron chi connectivity index (χ2n) is 6.08. The number of hydrogen-bond donors (Lipinski definition) is 2. The Morgan fingerprint density at radius 2 is 1.89 bits per heavy atom. The highest BCUT2D eigenvalue weighted by Gasteiger charge is 2.42. The van der Waals surface area contributed by atoms with Crippen molar-refractivity contribution in [3.05, 3.63) is 0 Å². The van der Waals surface area contributed by atoms with Gasteiger partial charge in [-0.05, 0) is 32.1 Å². The van der Waals surface area contributed by atoms with Crippen LogP contribution >= 0.6 is 0 Å². The fraction of sp³-hybridized carbons (Fsp3) is 1.00. The zero-order valence-corrected chi connectivity index (χ0v) is 13.2. The molecule has 1 rings (SSSR count). The summed E-state index contributed by atoms with van der Waals surface area (Å²) in [7, 11) is 0. The van der Waals surface area contributed by atoms with Gasteiger partial charge in [0, 0.05) is 6.61 Å². The Morgan fingerprint density at radius 3 is 2.37 bits per heavy atom. The lowest BCUT2D eigenvalue weighted by Crippen LogP contribution is -2.54. The quantitative estimate of drug-likeness (QED) is 0.469. The molecule has 0 spiro atoms. The lowest BCUT2D eigenvalue weighted by Gasteiger charge is -2.38. The first-order valence-corrected chi connectivity index (χ1v) is 8.32. The summed E-state index contributed by atoms with van der Waals surface area (Å²) in [5, 5.41) is 0. The molecule has 2 atom stereocenters. The van der Waals surface area contributed by atoms with Crippen LogP contribution < -0.4 is 11.3 Å². The van der Waals surface area contributed by atoms with E-state index in [1.54, 1.807) is 0 Å². The van der Waals surface area contributed by atoms with E-state index < -0.39 is 0 Å². The molecule has 19 heavy (non-hydrogen) atoms. The number of unbranched alkanes of at least 4 members (excludes halogenated alkanes) is 1. The van der Waals surface area contributed by atoms with Gasteiger partial charge < -0.3 is 4.74 Å². The molecule has 1 fully saturated rings. The molecule has 3 heteroatoms. The topological polar surface area (TPSA) is 47.3 Å². The highest BCUT2D eigenvalue weighted by atomic mass is 16.5. The zero-order chi connectivity index (χ0) is 14.1. The fourth-order valence-corrected chi connectivity index (χ4v) is 3.60. The molecule has 0 amide bonds. The van der Waals surface area contributed by atoms with Crippen molar-refractivity contribution < 1.29 is 4.74 Å². The van der Waals surface area contributed by atoms with E-state index in [9.17, 15) is 0 Å². The van der Waals surface area contributed by atoms with Gasteiger partial charge in [0.15, 0.2) is 0 Å². The Kier molecular flexibility index (Phi) is 7.96. The van der Waals surface area contributed by atoms with E-state index in [1.165, 1.54) is 51.4 Å². The van der Waals surface area contributed by atoms with Crippen molar-refractivity contribution in [2.24, 2.45) is 11.8 Å². The second-order valence-corrected chi connectivity index (χ2v) is 6.08. The van der Waals surface area contributed by atoms with Crippen LogP contribution in [0.3, 0.4) is 0 Å². The molecule has 3 N–H and O–H groups in total. The summed E-state index contributed by atoms with van der Waals surface area (Å²) in [6.45, 7) is 7.46. The molecule has 0 aromatic carbocycles. The van der Waals surface area contributed by atoms with Gasteiger partial charge in [0.05, 0.1) is 11.6 Å². The monoisotopic (exact) mass is 270 g/mol. The largest absolute Gasteiger partial charge is 0.374 e. The second kappa shape index (κ2) is 8.93. The van der Waals surface area contributed by atoms with Crippen LogP contribution in [0.15, 0.2) is 0 Å². The van der Waals surface area contributed by atoms with Crippen LogP contribution in [0.1, 0.15) is 78.6 Å².